The third-order valence-electron chi connectivity index (χ3n) is 8.55. The Kier molecular flexibility index (Phi) is 7.03. The molecule has 0 amide bonds. The van der Waals surface area contributed by atoms with Crippen LogP contribution in [0, 0.1) is 5.82 Å². The van der Waals surface area contributed by atoms with Gasteiger partial charge in [-0.15, -0.1) is 5.10 Å². The second-order valence-corrected chi connectivity index (χ2v) is 11.4. The molecule has 5 aromatic rings. The van der Waals surface area contributed by atoms with E-state index in [1.54, 1.807) is 12.1 Å². The highest BCUT2D eigenvalue weighted by molar-refractivity contribution is 5.68. The highest BCUT2D eigenvalue weighted by Crippen LogP contribution is 2.36. The number of hydrogen-bond donors (Lipinski definition) is 0. The van der Waals surface area contributed by atoms with Crippen molar-refractivity contribution in [1.82, 2.24) is 29.5 Å². The van der Waals surface area contributed by atoms with Gasteiger partial charge in [-0.2, -0.15) is 0 Å². The summed E-state index contributed by atoms with van der Waals surface area (Å²) in [6.45, 7) is 9.40. The van der Waals surface area contributed by atoms with E-state index in [9.17, 15) is 4.39 Å². The van der Waals surface area contributed by atoms with E-state index in [4.69, 9.17) is 10.1 Å². The Morgan fingerprint density at radius 1 is 0.833 bits per heavy atom. The van der Waals surface area contributed by atoms with Gasteiger partial charge in [0.05, 0.1) is 23.6 Å². The van der Waals surface area contributed by atoms with E-state index in [0.29, 0.717) is 6.04 Å². The van der Waals surface area contributed by atoms with Crippen LogP contribution >= 0.6 is 0 Å². The second kappa shape index (κ2) is 11.1. The number of piperazine rings is 1. The first-order chi connectivity index (χ1) is 20.5. The third-order valence-corrected chi connectivity index (χ3v) is 8.55. The first kappa shape index (κ1) is 26.5. The Balaban J connectivity index is 1.17. The van der Waals surface area contributed by atoms with Crippen LogP contribution in [0.5, 0.6) is 0 Å². The quantitative estimate of drug-likeness (QED) is 0.257. The van der Waals surface area contributed by atoms with E-state index >= 15 is 0 Å². The summed E-state index contributed by atoms with van der Waals surface area (Å²) in [5, 5.41) is 5.01. The normalized spacial score (nSPS) is 18.0. The number of hydrogen-bond acceptors (Lipinski definition) is 7. The lowest BCUT2D eigenvalue weighted by molar-refractivity contribution is 0.209. The van der Waals surface area contributed by atoms with Crippen LogP contribution in [0.4, 0.5) is 16.0 Å². The monoisotopic (exact) mass is 562 g/mol. The van der Waals surface area contributed by atoms with Crippen LogP contribution in [-0.4, -0.2) is 68.2 Å². The second-order valence-electron chi connectivity index (χ2n) is 11.4. The minimum absolute atomic E-state index is 0.0910. The first-order valence-electron chi connectivity index (χ1n) is 14.8. The molecule has 42 heavy (non-hydrogen) atoms. The molecule has 0 saturated carbocycles. The zero-order valence-electron chi connectivity index (χ0n) is 24.1. The standard InChI is InChI=1S/C33H35FN8/c1-23(2)39-16-18-40(19-17-39)33-21-24(13-14-35-33)27-8-4-9-28(37-27)30-22-36-31-11-12-32(38-42(30)31)41-15-5-10-29(41)25-6-3-7-26(34)20-25/h3-4,6-9,11-14,20-23,29H,5,10,15-19H2,1-2H3/t29-/m1/s1. The van der Waals surface area contributed by atoms with E-state index < -0.39 is 0 Å². The molecule has 6 heterocycles. The molecule has 2 aliphatic heterocycles. The van der Waals surface area contributed by atoms with E-state index in [0.717, 1.165) is 91.1 Å². The zero-order valence-corrected chi connectivity index (χ0v) is 24.1. The smallest absolute Gasteiger partial charge is 0.154 e. The summed E-state index contributed by atoms with van der Waals surface area (Å²) in [5.74, 6) is 1.63. The van der Waals surface area contributed by atoms with Gasteiger partial charge in [-0.05, 0) is 80.8 Å². The Morgan fingerprint density at radius 3 is 2.50 bits per heavy atom. The molecule has 0 unspecified atom stereocenters. The average Bonchev–Trinajstić information content (AvgIpc) is 3.69. The van der Waals surface area contributed by atoms with Crippen molar-refractivity contribution in [2.45, 2.75) is 38.8 Å². The Labute approximate surface area is 245 Å². The molecule has 0 spiro atoms. The molecule has 1 atom stereocenters. The van der Waals surface area contributed by atoms with Crippen LogP contribution in [0.1, 0.15) is 38.3 Å². The lowest BCUT2D eigenvalue weighted by atomic mass is 10.0. The van der Waals surface area contributed by atoms with E-state index in [1.165, 1.54) is 6.07 Å². The van der Waals surface area contributed by atoms with Crippen molar-refractivity contribution < 1.29 is 4.39 Å². The van der Waals surface area contributed by atoms with Crippen molar-refractivity contribution >= 4 is 17.3 Å². The number of imidazole rings is 1. The highest BCUT2D eigenvalue weighted by Gasteiger charge is 2.28. The zero-order chi connectivity index (χ0) is 28.6. The number of anilines is 2. The van der Waals surface area contributed by atoms with Crippen LogP contribution in [0.2, 0.25) is 0 Å². The number of aromatic nitrogens is 5. The average molecular weight is 563 g/mol. The molecular weight excluding hydrogens is 527 g/mol. The molecule has 8 nitrogen and oxygen atoms in total. The van der Waals surface area contributed by atoms with Crippen LogP contribution in [0.25, 0.3) is 28.3 Å². The maximum absolute atomic E-state index is 14.0. The molecule has 7 rings (SSSR count). The number of nitrogens with zero attached hydrogens (tertiary/aromatic N) is 8. The minimum Gasteiger partial charge on any atom is -0.354 e. The first-order valence-corrected chi connectivity index (χ1v) is 14.8. The van der Waals surface area contributed by atoms with E-state index in [1.807, 2.05) is 59.4 Å². The summed E-state index contributed by atoms with van der Waals surface area (Å²) in [6, 6.07) is 21.8. The van der Waals surface area contributed by atoms with Gasteiger partial charge in [0.15, 0.2) is 5.65 Å². The highest BCUT2D eigenvalue weighted by atomic mass is 19.1. The largest absolute Gasteiger partial charge is 0.354 e. The van der Waals surface area contributed by atoms with E-state index in [-0.39, 0.29) is 11.9 Å². The molecule has 2 fully saturated rings. The fourth-order valence-corrected chi connectivity index (χ4v) is 6.25. The maximum Gasteiger partial charge on any atom is 0.154 e. The Morgan fingerprint density at radius 2 is 1.67 bits per heavy atom. The summed E-state index contributed by atoms with van der Waals surface area (Å²) in [5.41, 5.74) is 5.28. The van der Waals surface area contributed by atoms with Gasteiger partial charge < -0.3 is 9.80 Å². The molecule has 0 aliphatic carbocycles. The fourth-order valence-electron chi connectivity index (χ4n) is 6.25. The van der Waals surface area contributed by atoms with E-state index in [2.05, 4.69) is 44.6 Å². The van der Waals surface area contributed by atoms with Gasteiger partial charge in [-0.3, -0.25) is 4.90 Å². The molecule has 0 N–H and O–H groups in total. The van der Waals surface area contributed by atoms with Crippen LogP contribution in [-0.2, 0) is 0 Å². The number of fused-ring (bicyclic) bond motifs is 1. The minimum atomic E-state index is -0.208. The molecule has 214 valence electrons. The van der Waals surface area contributed by atoms with Crippen molar-refractivity contribution in [2.75, 3.05) is 42.5 Å². The van der Waals surface area contributed by atoms with Crippen molar-refractivity contribution in [2.24, 2.45) is 0 Å². The van der Waals surface area contributed by atoms with Crippen molar-refractivity contribution in [3.05, 3.63) is 90.5 Å². The Bertz CT molecular complexity index is 1710. The van der Waals surface area contributed by atoms with Crippen molar-refractivity contribution in [3.8, 4) is 22.6 Å². The van der Waals surface area contributed by atoms with Gasteiger partial charge >= 0.3 is 0 Å². The van der Waals surface area contributed by atoms with Gasteiger partial charge in [-0.1, -0.05) is 18.2 Å². The van der Waals surface area contributed by atoms with Gasteiger partial charge in [0.2, 0.25) is 0 Å². The van der Waals surface area contributed by atoms with Crippen LogP contribution < -0.4 is 9.80 Å². The van der Waals surface area contributed by atoms with Gasteiger partial charge in [0.1, 0.15) is 23.1 Å². The fraction of sp³-hybridized carbons (Fsp3) is 0.333. The molecule has 0 bridgehead atoms. The summed E-state index contributed by atoms with van der Waals surface area (Å²) in [7, 11) is 0. The van der Waals surface area contributed by atoms with Crippen LogP contribution in [0.3, 0.4) is 0 Å². The summed E-state index contributed by atoms with van der Waals surface area (Å²) in [4.78, 5) is 21.5. The van der Waals surface area contributed by atoms with Crippen LogP contribution in [0.15, 0.2) is 79.1 Å². The molecule has 4 aromatic heterocycles. The Hall–Kier alpha value is -4.37. The number of rotatable bonds is 6. The van der Waals surface area contributed by atoms with Crippen molar-refractivity contribution in [1.29, 1.82) is 0 Å². The molecular formula is C33H35FN8. The lowest BCUT2D eigenvalue weighted by Gasteiger charge is -2.37. The molecule has 2 aliphatic rings. The predicted octanol–water partition coefficient (Wildman–Crippen LogP) is 5.86. The van der Waals surface area contributed by atoms with Gasteiger partial charge in [0, 0.05) is 50.5 Å². The molecule has 2 saturated heterocycles. The number of halogens is 1. The predicted molar refractivity (Wildman–Crippen MR) is 164 cm³/mol. The molecule has 1 aromatic carbocycles. The molecule has 9 heteroatoms. The van der Waals surface area contributed by atoms with Crippen molar-refractivity contribution in [3.63, 3.8) is 0 Å². The number of benzene rings is 1. The summed E-state index contributed by atoms with van der Waals surface area (Å²) >= 11 is 0. The number of pyridine rings is 2. The molecule has 0 radical (unpaired) electrons. The van der Waals surface area contributed by atoms with Gasteiger partial charge in [-0.25, -0.2) is 23.9 Å². The lowest BCUT2D eigenvalue weighted by Crippen LogP contribution is -2.49. The summed E-state index contributed by atoms with van der Waals surface area (Å²) < 4.78 is 15.9. The summed E-state index contributed by atoms with van der Waals surface area (Å²) in [6.07, 6.45) is 5.70. The maximum atomic E-state index is 14.0. The van der Waals surface area contributed by atoms with Gasteiger partial charge in [0.25, 0.3) is 0 Å². The topological polar surface area (TPSA) is 65.7 Å². The SMILES string of the molecule is CC(C)N1CCN(c2cc(-c3cccc(-c4cnc5ccc(N6CCC[C@@H]6c6cccc(F)c6)nn45)n3)ccn2)CC1. The third kappa shape index (κ3) is 5.09.